The molecule has 136 valence electrons. The van der Waals surface area contributed by atoms with Gasteiger partial charge in [-0.15, -0.1) is 11.8 Å². The van der Waals surface area contributed by atoms with Crippen molar-refractivity contribution < 1.29 is 23.9 Å². The molecule has 0 aliphatic carbocycles. The van der Waals surface area contributed by atoms with Crippen LogP contribution in [-0.4, -0.2) is 41.6 Å². The van der Waals surface area contributed by atoms with Crippen molar-refractivity contribution in [3.05, 3.63) is 29.8 Å². The number of rotatable bonds is 7. The zero-order valence-corrected chi connectivity index (χ0v) is 15.4. The van der Waals surface area contributed by atoms with Crippen LogP contribution in [0.4, 0.5) is 4.79 Å². The largest absolute Gasteiger partial charge is 0.449 e. The van der Waals surface area contributed by atoms with Crippen molar-refractivity contribution in [2.75, 3.05) is 5.75 Å². The Hall–Kier alpha value is -2.35. The van der Waals surface area contributed by atoms with Gasteiger partial charge in [0, 0.05) is 10.9 Å². The number of imide groups is 1. The molecule has 0 saturated carbocycles. The molecule has 25 heavy (non-hydrogen) atoms. The zero-order chi connectivity index (χ0) is 19.0. The van der Waals surface area contributed by atoms with E-state index in [1.165, 1.54) is 25.6 Å². The Balaban J connectivity index is 2.70. The fourth-order valence-electron chi connectivity index (χ4n) is 1.73. The molecule has 0 spiro atoms. The van der Waals surface area contributed by atoms with E-state index >= 15 is 0 Å². The van der Waals surface area contributed by atoms with Gasteiger partial charge >= 0.3 is 12.0 Å². The number of ether oxygens (including phenoxy) is 1. The third-order valence-electron chi connectivity index (χ3n) is 2.85. The lowest BCUT2D eigenvalue weighted by molar-refractivity contribution is -0.128. The first-order valence-electron chi connectivity index (χ1n) is 7.74. The van der Waals surface area contributed by atoms with E-state index in [2.05, 4.69) is 10.6 Å². The van der Waals surface area contributed by atoms with Crippen molar-refractivity contribution in [1.82, 2.24) is 10.6 Å². The van der Waals surface area contributed by atoms with Gasteiger partial charge in [-0.1, -0.05) is 12.1 Å². The summed E-state index contributed by atoms with van der Waals surface area (Å²) in [5, 5.41) is 4.61. The highest BCUT2D eigenvalue weighted by Gasteiger charge is 2.22. The lowest BCUT2D eigenvalue weighted by Gasteiger charge is -2.15. The van der Waals surface area contributed by atoms with E-state index < -0.39 is 24.0 Å². The number of nitrogens with one attached hydrogen (secondary N) is 2. The van der Waals surface area contributed by atoms with Gasteiger partial charge in [0.1, 0.15) is 5.78 Å². The first kappa shape index (κ1) is 20.7. The first-order valence-corrected chi connectivity index (χ1v) is 8.73. The minimum Gasteiger partial charge on any atom is -0.449 e. The van der Waals surface area contributed by atoms with Crippen molar-refractivity contribution in [3.8, 4) is 0 Å². The predicted octanol–water partition coefficient (Wildman–Crippen LogP) is 2.15. The van der Waals surface area contributed by atoms with E-state index in [1.807, 2.05) is 0 Å². The summed E-state index contributed by atoms with van der Waals surface area (Å²) in [7, 11) is 0. The SMILES string of the molecule is CC(=O)CSc1ccccc1C(=O)O[C@H](C)C(=O)NC(=O)NC(C)C. The standard InChI is InChI=1S/C17H22N2O5S/c1-10(2)18-17(23)19-15(21)12(4)24-16(22)13-7-5-6-8-14(13)25-9-11(3)20/h5-8,10,12H,9H2,1-4H3,(H2,18,19,21,23)/t12-/m1/s1. The van der Waals surface area contributed by atoms with Crippen LogP contribution in [0.25, 0.3) is 0 Å². The molecular weight excluding hydrogens is 344 g/mol. The predicted molar refractivity (Wildman–Crippen MR) is 94.5 cm³/mol. The van der Waals surface area contributed by atoms with Gasteiger partial charge in [-0.25, -0.2) is 9.59 Å². The molecule has 0 bridgehead atoms. The molecule has 0 aliphatic heterocycles. The number of hydrogen-bond acceptors (Lipinski definition) is 6. The summed E-state index contributed by atoms with van der Waals surface area (Å²) < 4.78 is 5.12. The highest BCUT2D eigenvalue weighted by atomic mass is 32.2. The maximum Gasteiger partial charge on any atom is 0.340 e. The van der Waals surface area contributed by atoms with E-state index in [9.17, 15) is 19.2 Å². The number of Topliss-reactive ketones (excluding diaryl/α,β-unsaturated/α-hetero) is 1. The van der Waals surface area contributed by atoms with Crippen molar-refractivity contribution >= 4 is 35.5 Å². The van der Waals surface area contributed by atoms with Crippen LogP contribution in [0.15, 0.2) is 29.2 Å². The number of carbonyl (C=O) groups excluding carboxylic acids is 4. The van der Waals surface area contributed by atoms with Gasteiger partial charge in [0.15, 0.2) is 6.10 Å². The van der Waals surface area contributed by atoms with Crippen LogP contribution in [0.3, 0.4) is 0 Å². The van der Waals surface area contributed by atoms with Gasteiger partial charge in [0.2, 0.25) is 0 Å². The van der Waals surface area contributed by atoms with Crippen molar-refractivity contribution in [3.63, 3.8) is 0 Å². The van der Waals surface area contributed by atoms with Crippen LogP contribution in [0.2, 0.25) is 0 Å². The highest BCUT2D eigenvalue weighted by molar-refractivity contribution is 8.00. The van der Waals surface area contributed by atoms with Crippen molar-refractivity contribution in [2.45, 2.75) is 44.7 Å². The Labute approximate surface area is 150 Å². The summed E-state index contributed by atoms with van der Waals surface area (Å²) in [6.45, 7) is 6.34. The number of amides is 3. The number of ketones is 1. The number of urea groups is 1. The minimum atomic E-state index is -1.14. The minimum absolute atomic E-state index is 0.0166. The maximum absolute atomic E-state index is 12.3. The summed E-state index contributed by atoms with van der Waals surface area (Å²) in [6.07, 6.45) is -1.14. The van der Waals surface area contributed by atoms with Gasteiger partial charge in [-0.2, -0.15) is 0 Å². The second-order valence-corrected chi connectivity index (χ2v) is 6.67. The van der Waals surface area contributed by atoms with Gasteiger partial charge in [0.05, 0.1) is 11.3 Å². The Kier molecular flexibility index (Phi) is 8.13. The Bertz CT molecular complexity index is 660. The fraction of sp³-hybridized carbons (Fsp3) is 0.412. The molecule has 0 saturated heterocycles. The third-order valence-corrected chi connectivity index (χ3v) is 4.07. The first-order chi connectivity index (χ1) is 11.7. The van der Waals surface area contributed by atoms with Crippen LogP contribution < -0.4 is 10.6 Å². The molecule has 1 atom stereocenters. The molecule has 0 radical (unpaired) electrons. The molecule has 7 nitrogen and oxygen atoms in total. The molecule has 0 heterocycles. The summed E-state index contributed by atoms with van der Waals surface area (Å²) in [6, 6.07) is 5.88. The summed E-state index contributed by atoms with van der Waals surface area (Å²) >= 11 is 1.22. The second kappa shape index (κ2) is 9.83. The topological polar surface area (TPSA) is 102 Å². The lowest BCUT2D eigenvalue weighted by Crippen LogP contribution is -2.46. The molecule has 3 amide bonds. The number of benzene rings is 1. The summed E-state index contributed by atoms with van der Waals surface area (Å²) in [5.74, 6) is -1.20. The Morgan fingerprint density at radius 3 is 2.36 bits per heavy atom. The molecule has 1 rings (SSSR count). The zero-order valence-electron chi connectivity index (χ0n) is 14.6. The van der Waals surface area contributed by atoms with Gasteiger partial charge in [-0.05, 0) is 39.8 Å². The molecule has 8 heteroatoms. The molecule has 0 aliphatic rings. The van der Waals surface area contributed by atoms with Crippen molar-refractivity contribution in [1.29, 1.82) is 0 Å². The van der Waals surface area contributed by atoms with E-state index in [1.54, 1.807) is 38.1 Å². The number of thioether (sulfide) groups is 1. The van der Waals surface area contributed by atoms with Gasteiger partial charge in [-0.3, -0.25) is 14.9 Å². The molecule has 0 unspecified atom stereocenters. The number of hydrogen-bond donors (Lipinski definition) is 2. The average molecular weight is 366 g/mol. The monoisotopic (exact) mass is 366 g/mol. The average Bonchev–Trinajstić information content (AvgIpc) is 2.52. The van der Waals surface area contributed by atoms with Gasteiger partial charge < -0.3 is 10.1 Å². The van der Waals surface area contributed by atoms with Crippen LogP contribution in [-0.2, 0) is 14.3 Å². The van der Waals surface area contributed by atoms with E-state index in [-0.39, 0.29) is 23.1 Å². The molecule has 0 aromatic heterocycles. The molecular formula is C17H22N2O5S. The quantitative estimate of drug-likeness (QED) is 0.566. The van der Waals surface area contributed by atoms with Gasteiger partial charge in [0.25, 0.3) is 5.91 Å². The fourth-order valence-corrected chi connectivity index (χ4v) is 2.57. The van der Waals surface area contributed by atoms with E-state index in [0.717, 1.165) is 0 Å². The lowest BCUT2D eigenvalue weighted by atomic mass is 10.2. The summed E-state index contributed by atoms with van der Waals surface area (Å²) in [4.78, 5) is 47.4. The molecule has 1 aromatic carbocycles. The van der Waals surface area contributed by atoms with Crippen LogP contribution in [0.5, 0.6) is 0 Å². The number of carbonyl (C=O) groups is 4. The molecule has 2 N–H and O–H groups in total. The van der Waals surface area contributed by atoms with Crippen LogP contribution in [0.1, 0.15) is 38.1 Å². The number of esters is 1. The third kappa shape index (κ3) is 7.38. The molecule has 1 aromatic rings. The Morgan fingerprint density at radius 1 is 1.12 bits per heavy atom. The Morgan fingerprint density at radius 2 is 1.76 bits per heavy atom. The second-order valence-electron chi connectivity index (χ2n) is 5.65. The molecule has 0 fully saturated rings. The summed E-state index contributed by atoms with van der Waals surface area (Å²) in [5.41, 5.74) is 0.264. The van der Waals surface area contributed by atoms with Crippen molar-refractivity contribution in [2.24, 2.45) is 0 Å². The van der Waals surface area contributed by atoms with Crippen LogP contribution >= 0.6 is 11.8 Å². The smallest absolute Gasteiger partial charge is 0.340 e. The van der Waals surface area contributed by atoms with Crippen LogP contribution in [0, 0.1) is 0 Å². The maximum atomic E-state index is 12.3. The van der Waals surface area contributed by atoms with E-state index in [4.69, 9.17) is 4.74 Å². The highest BCUT2D eigenvalue weighted by Crippen LogP contribution is 2.23. The van der Waals surface area contributed by atoms with E-state index in [0.29, 0.717) is 4.90 Å². The normalized spacial score (nSPS) is 11.6.